The van der Waals surface area contributed by atoms with Crippen molar-refractivity contribution in [3.05, 3.63) is 17.6 Å². The van der Waals surface area contributed by atoms with Crippen LogP contribution in [-0.2, 0) is 9.47 Å². The van der Waals surface area contributed by atoms with Gasteiger partial charge < -0.3 is 14.2 Å². The molecule has 1 rings (SSSR count). The normalized spacial score (nSPS) is 11.2. The maximum atomic E-state index is 11.5. The molecule has 0 aliphatic carbocycles. The van der Waals surface area contributed by atoms with Crippen LogP contribution in [0.1, 0.15) is 37.0 Å². The summed E-state index contributed by atoms with van der Waals surface area (Å²) in [6.07, 6.45) is 1.40. The lowest BCUT2D eigenvalue weighted by Crippen LogP contribution is -2.23. The van der Waals surface area contributed by atoms with E-state index in [0.29, 0.717) is 19.0 Å². The molecule has 0 unspecified atom stereocenters. The Bertz CT molecular complexity index is 441. The van der Waals surface area contributed by atoms with E-state index in [1.165, 1.54) is 13.3 Å². The van der Waals surface area contributed by atoms with Crippen LogP contribution in [0.25, 0.3) is 0 Å². The lowest BCUT2D eigenvalue weighted by Gasteiger charge is -2.19. The van der Waals surface area contributed by atoms with Crippen LogP contribution in [0, 0.1) is 6.92 Å². The molecule has 0 fully saturated rings. The fraction of sp³-hybridized carbons (Fsp3) is 0.615. The van der Waals surface area contributed by atoms with Gasteiger partial charge in [0.25, 0.3) is 0 Å². The molecule has 106 valence electrons. The van der Waals surface area contributed by atoms with Gasteiger partial charge in [-0.25, -0.2) is 9.78 Å². The van der Waals surface area contributed by atoms with Gasteiger partial charge in [0.05, 0.1) is 19.3 Å². The molecule has 1 aromatic heterocycles. The highest BCUT2D eigenvalue weighted by molar-refractivity contribution is 5.91. The number of ether oxygens (including phenoxy) is 3. The topological polar surface area (TPSA) is 70.5 Å². The summed E-state index contributed by atoms with van der Waals surface area (Å²) in [4.78, 5) is 19.6. The Morgan fingerprint density at radius 3 is 2.58 bits per heavy atom. The number of nitrogens with zero attached hydrogens (tertiary/aromatic N) is 2. The highest BCUT2D eigenvalue weighted by Crippen LogP contribution is 2.15. The Hall–Kier alpha value is -1.69. The number of methoxy groups -OCH3 is 1. The van der Waals surface area contributed by atoms with E-state index in [1.54, 1.807) is 6.92 Å². The summed E-state index contributed by atoms with van der Waals surface area (Å²) in [6, 6.07) is 0. The van der Waals surface area contributed by atoms with Gasteiger partial charge in [0.2, 0.25) is 5.88 Å². The van der Waals surface area contributed by atoms with Crippen LogP contribution in [0.15, 0.2) is 6.20 Å². The van der Waals surface area contributed by atoms with Crippen LogP contribution < -0.4 is 4.74 Å². The Balaban J connectivity index is 2.66. The number of esters is 1. The third kappa shape index (κ3) is 5.21. The minimum atomic E-state index is -0.522. The summed E-state index contributed by atoms with van der Waals surface area (Å²) < 4.78 is 15.6. The van der Waals surface area contributed by atoms with Gasteiger partial charge in [0.1, 0.15) is 18.0 Å². The SMILES string of the molecule is COC(=O)c1cnc(C)nc1OCCOC(C)(C)C. The Kier molecular flexibility index (Phi) is 5.23. The second-order valence-corrected chi connectivity index (χ2v) is 4.94. The molecule has 0 atom stereocenters. The van der Waals surface area contributed by atoms with Gasteiger partial charge in [-0.05, 0) is 27.7 Å². The monoisotopic (exact) mass is 268 g/mol. The number of aryl methyl sites for hydroxylation is 1. The number of carbonyl (C=O) groups is 1. The molecular weight excluding hydrogens is 248 g/mol. The summed E-state index contributed by atoms with van der Waals surface area (Å²) in [7, 11) is 1.30. The van der Waals surface area contributed by atoms with Gasteiger partial charge in [-0.15, -0.1) is 0 Å². The van der Waals surface area contributed by atoms with Gasteiger partial charge >= 0.3 is 5.97 Å². The Morgan fingerprint density at radius 2 is 2.00 bits per heavy atom. The van der Waals surface area contributed by atoms with E-state index in [2.05, 4.69) is 14.7 Å². The quantitative estimate of drug-likeness (QED) is 0.598. The standard InChI is InChI=1S/C13H20N2O4/c1-9-14-8-10(12(16)17-5)11(15-9)18-6-7-19-13(2,3)4/h8H,6-7H2,1-5H3. The molecule has 6 heteroatoms. The van der Waals surface area contributed by atoms with E-state index < -0.39 is 5.97 Å². The summed E-state index contributed by atoms with van der Waals surface area (Å²) in [5.74, 6) is 0.225. The predicted octanol–water partition coefficient (Wildman–Crippen LogP) is 1.77. The first-order chi connectivity index (χ1) is 8.83. The summed E-state index contributed by atoms with van der Waals surface area (Å²) in [6.45, 7) is 8.32. The van der Waals surface area contributed by atoms with Crippen molar-refractivity contribution >= 4 is 5.97 Å². The fourth-order valence-corrected chi connectivity index (χ4v) is 1.30. The smallest absolute Gasteiger partial charge is 0.344 e. The van der Waals surface area contributed by atoms with Gasteiger partial charge in [0, 0.05) is 6.20 Å². The molecule has 0 bridgehead atoms. The second-order valence-electron chi connectivity index (χ2n) is 4.94. The molecule has 19 heavy (non-hydrogen) atoms. The molecule has 0 saturated heterocycles. The number of aromatic nitrogens is 2. The first-order valence-corrected chi connectivity index (χ1v) is 6.02. The third-order valence-corrected chi connectivity index (χ3v) is 2.14. The number of rotatable bonds is 5. The van der Waals surface area contributed by atoms with E-state index in [1.807, 2.05) is 20.8 Å². The van der Waals surface area contributed by atoms with Crippen molar-refractivity contribution in [1.29, 1.82) is 0 Å². The van der Waals surface area contributed by atoms with Gasteiger partial charge in [0.15, 0.2) is 0 Å². The zero-order chi connectivity index (χ0) is 14.5. The van der Waals surface area contributed by atoms with E-state index in [4.69, 9.17) is 9.47 Å². The van der Waals surface area contributed by atoms with Crippen molar-refractivity contribution in [2.24, 2.45) is 0 Å². The third-order valence-electron chi connectivity index (χ3n) is 2.14. The average molecular weight is 268 g/mol. The summed E-state index contributed by atoms with van der Waals surface area (Å²) >= 11 is 0. The Labute approximate surface area is 113 Å². The maximum absolute atomic E-state index is 11.5. The molecule has 0 aromatic carbocycles. The van der Waals surface area contributed by atoms with Crippen LogP contribution in [0.2, 0.25) is 0 Å². The molecular formula is C13H20N2O4. The number of hydrogen-bond acceptors (Lipinski definition) is 6. The van der Waals surface area contributed by atoms with Crippen LogP contribution in [0.5, 0.6) is 5.88 Å². The molecule has 0 spiro atoms. The van der Waals surface area contributed by atoms with Gasteiger partial charge in [-0.3, -0.25) is 0 Å². The molecule has 0 amide bonds. The lowest BCUT2D eigenvalue weighted by molar-refractivity contribution is -0.0170. The molecule has 0 aliphatic rings. The first kappa shape index (κ1) is 15.4. The average Bonchev–Trinajstić information content (AvgIpc) is 2.33. The van der Waals surface area contributed by atoms with Crippen molar-refractivity contribution in [3.63, 3.8) is 0 Å². The highest BCUT2D eigenvalue weighted by atomic mass is 16.5. The predicted molar refractivity (Wildman–Crippen MR) is 69.3 cm³/mol. The summed E-state index contributed by atoms with van der Waals surface area (Å²) in [5.41, 5.74) is -0.0142. The molecule has 6 nitrogen and oxygen atoms in total. The number of hydrogen-bond donors (Lipinski definition) is 0. The van der Waals surface area contributed by atoms with Crippen LogP contribution in [0.3, 0.4) is 0 Å². The second kappa shape index (κ2) is 6.47. The minimum absolute atomic E-state index is 0.212. The van der Waals surface area contributed by atoms with Crippen molar-refractivity contribution in [2.45, 2.75) is 33.3 Å². The zero-order valence-electron chi connectivity index (χ0n) is 12.0. The van der Waals surface area contributed by atoms with Gasteiger partial charge in [-0.2, -0.15) is 4.98 Å². The van der Waals surface area contributed by atoms with Crippen LogP contribution in [-0.4, -0.2) is 41.9 Å². The van der Waals surface area contributed by atoms with Gasteiger partial charge in [-0.1, -0.05) is 0 Å². The van der Waals surface area contributed by atoms with E-state index in [9.17, 15) is 4.79 Å². The molecule has 0 saturated carbocycles. The van der Waals surface area contributed by atoms with Crippen molar-refractivity contribution in [3.8, 4) is 5.88 Å². The molecule has 0 N–H and O–H groups in total. The van der Waals surface area contributed by atoms with Crippen molar-refractivity contribution in [1.82, 2.24) is 9.97 Å². The highest BCUT2D eigenvalue weighted by Gasteiger charge is 2.16. The molecule has 0 radical (unpaired) electrons. The van der Waals surface area contributed by atoms with Crippen LogP contribution >= 0.6 is 0 Å². The molecule has 1 heterocycles. The minimum Gasteiger partial charge on any atom is -0.475 e. The first-order valence-electron chi connectivity index (χ1n) is 6.02. The summed E-state index contributed by atoms with van der Waals surface area (Å²) in [5, 5.41) is 0. The zero-order valence-corrected chi connectivity index (χ0v) is 12.0. The van der Waals surface area contributed by atoms with Crippen molar-refractivity contribution < 1.29 is 19.0 Å². The Morgan fingerprint density at radius 1 is 1.32 bits per heavy atom. The van der Waals surface area contributed by atoms with E-state index in [-0.39, 0.29) is 17.0 Å². The van der Waals surface area contributed by atoms with Crippen LogP contribution in [0.4, 0.5) is 0 Å². The molecule has 0 aliphatic heterocycles. The maximum Gasteiger partial charge on any atom is 0.344 e. The fourth-order valence-electron chi connectivity index (χ4n) is 1.30. The van der Waals surface area contributed by atoms with Crippen molar-refractivity contribution in [2.75, 3.05) is 20.3 Å². The van der Waals surface area contributed by atoms with E-state index >= 15 is 0 Å². The molecule has 1 aromatic rings. The van der Waals surface area contributed by atoms with E-state index in [0.717, 1.165) is 0 Å². The number of carbonyl (C=O) groups excluding carboxylic acids is 1. The largest absolute Gasteiger partial charge is 0.475 e. The lowest BCUT2D eigenvalue weighted by atomic mass is 10.2.